The van der Waals surface area contributed by atoms with Crippen molar-refractivity contribution in [1.82, 2.24) is 15.1 Å². The number of carbonyl (C=O) groups excluding carboxylic acids is 1. The molecule has 0 bridgehead atoms. The third-order valence-electron chi connectivity index (χ3n) is 3.14. The second kappa shape index (κ2) is 6.93. The van der Waals surface area contributed by atoms with Crippen molar-refractivity contribution in [2.24, 2.45) is 0 Å². The van der Waals surface area contributed by atoms with Gasteiger partial charge in [-0.05, 0) is 13.8 Å². The third-order valence-corrected chi connectivity index (χ3v) is 3.14. The van der Waals surface area contributed by atoms with Gasteiger partial charge < -0.3 is 15.0 Å². The Labute approximate surface area is 104 Å². The zero-order valence-electron chi connectivity index (χ0n) is 11.4. The average molecular weight is 243 g/mol. The van der Waals surface area contributed by atoms with Crippen molar-refractivity contribution >= 4 is 5.91 Å². The van der Waals surface area contributed by atoms with Gasteiger partial charge >= 0.3 is 0 Å². The molecule has 2 unspecified atom stereocenters. The van der Waals surface area contributed by atoms with Crippen molar-refractivity contribution in [3.8, 4) is 0 Å². The second-order valence-corrected chi connectivity index (χ2v) is 4.70. The monoisotopic (exact) mass is 243 g/mol. The number of rotatable bonds is 5. The molecule has 0 spiro atoms. The number of piperazine rings is 1. The van der Waals surface area contributed by atoms with Crippen LogP contribution in [0.1, 0.15) is 13.8 Å². The minimum atomic E-state index is -0.0609. The number of amides is 1. The highest BCUT2D eigenvalue weighted by Crippen LogP contribution is 2.11. The average Bonchev–Trinajstić information content (AvgIpc) is 2.34. The Hall–Kier alpha value is -0.650. The zero-order chi connectivity index (χ0) is 12.8. The topological polar surface area (TPSA) is 44.8 Å². The van der Waals surface area contributed by atoms with E-state index in [1.54, 1.807) is 4.90 Å². The molecule has 1 amide bonds. The number of likely N-dealkylation sites (N-methyl/N-ethyl adjacent to an activating group) is 1. The van der Waals surface area contributed by atoms with E-state index in [-0.39, 0.29) is 18.0 Å². The van der Waals surface area contributed by atoms with Crippen molar-refractivity contribution in [2.75, 3.05) is 46.9 Å². The molecular weight excluding hydrogens is 218 g/mol. The number of hydrogen-bond donors (Lipinski definition) is 1. The van der Waals surface area contributed by atoms with Gasteiger partial charge in [0.05, 0.1) is 6.61 Å². The molecule has 0 aromatic carbocycles. The van der Waals surface area contributed by atoms with E-state index in [1.165, 1.54) is 0 Å². The number of carbonyl (C=O) groups is 1. The lowest BCUT2D eigenvalue weighted by Crippen LogP contribution is -2.60. The van der Waals surface area contributed by atoms with Crippen LogP contribution in [-0.2, 0) is 9.53 Å². The van der Waals surface area contributed by atoms with E-state index in [1.807, 2.05) is 21.0 Å². The van der Waals surface area contributed by atoms with Gasteiger partial charge in [-0.15, -0.1) is 0 Å². The van der Waals surface area contributed by atoms with E-state index in [9.17, 15) is 4.79 Å². The van der Waals surface area contributed by atoms with Crippen molar-refractivity contribution in [3.05, 3.63) is 0 Å². The molecule has 0 aromatic heterocycles. The van der Waals surface area contributed by atoms with Crippen LogP contribution >= 0.6 is 0 Å². The molecule has 1 saturated heterocycles. The van der Waals surface area contributed by atoms with Crippen LogP contribution in [0.4, 0.5) is 0 Å². The number of nitrogens with zero attached hydrogens (tertiary/aromatic N) is 2. The van der Waals surface area contributed by atoms with Crippen LogP contribution in [0.5, 0.6) is 0 Å². The Bertz CT molecular complexity index is 246. The molecule has 0 aromatic rings. The van der Waals surface area contributed by atoms with Gasteiger partial charge in [-0.3, -0.25) is 9.69 Å². The maximum atomic E-state index is 12.1. The van der Waals surface area contributed by atoms with E-state index in [4.69, 9.17) is 4.74 Å². The molecular formula is C12H25N3O2. The standard InChI is InChI=1S/C12H25N3O2/c1-5-17-9-10(2)15-7-6-13-8-11(15)12(16)14(3)4/h10-11,13H,5-9H2,1-4H3. The zero-order valence-corrected chi connectivity index (χ0v) is 11.4. The van der Waals surface area contributed by atoms with Gasteiger partial charge in [-0.2, -0.15) is 0 Å². The van der Waals surface area contributed by atoms with Gasteiger partial charge in [0.2, 0.25) is 5.91 Å². The summed E-state index contributed by atoms with van der Waals surface area (Å²) in [7, 11) is 3.62. The fourth-order valence-corrected chi connectivity index (χ4v) is 2.16. The first-order chi connectivity index (χ1) is 8.07. The number of nitrogens with one attached hydrogen (secondary N) is 1. The molecule has 0 radical (unpaired) electrons. The quantitative estimate of drug-likeness (QED) is 0.725. The predicted molar refractivity (Wildman–Crippen MR) is 68.0 cm³/mol. The SMILES string of the molecule is CCOCC(C)N1CCNCC1C(=O)N(C)C. The highest BCUT2D eigenvalue weighted by Gasteiger charge is 2.32. The summed E-state index contributed by atoms with van der Waals surface area (Å²) in [5.41, 5.74) is 0. The first-order valence-electron chi connectivity index (χ1n) is 6.33. The number of hydrogen-bond acceptors (Lipinski definition) is 4. The molecule has 0 saturated carbocycles. The summed E-state index contributed by atoms with van der Waals surface area (Å²) < 4.78 is 5.45. The predicted octanol–water partition coefficient (Wildman–Crippen LogP) is -0.227. The maximum Gasteiger partial charge on any atom is 0.240 e. The summed E-state index contributed by atoms with van der Waals surface area (Å²) in [6.45, 7) is 8.10. The Morgan fingerprint density at radius 1 is 1.59 bits per heavy atom. The summed E-state index contributed by atoms with van der Waals surface area (Å²) in [5, 5.41) is 3.28. The molecule has 1 rings (SSSR count). The fraction of sp³-hybridized carbons (Fsp3) is 0.917. The summed E-state index contributed by atoms with van der Waals surface area (Å²) in [6, 6.07) is 0.222. The summed E-state index contributed by atoms with van der Waals surface area (Å²) >= 11 is 0. The summed E-state index contributed by atoms with van der Waals surface area (Å²) in [5.74, 6) is 0.167. The van der Waals surface area contributed by atoms with Crippen molar-refractivity contribution in [3.63, 3.8) is 0 Å². The highest BCUT2D eigenvalue weighted by atomic mass is 16.5. The molecule has 5 heteroatoms. The van der Waals surface area contributed by atoms with Gasteiger partial charge in [-0.1, -0.05) is 0 Å². The minimum absolute atomic E-state index is 0.0609. The van der Waals surface area contributed by atoms with E-state index in [0.717, 1.165) is 26.2 Å². The molecule has 1 aliphatic rings. The van der Waals surface area contributed by atoms with Gasteiger partial charge in [0, 0.05) is 46.4 Å². The molecule has 2 atom stereocenters. The Morgan fingerprint density at radius 3 is 2.88 bits per heavy atom. The summed E-state index contributed by atoms with van der Waals surface area (Å²) in [4.78, 5) is 16.0. The molecule has 1 N–H and O–H groups in total. The molecule has 1 aliphatic heterocycles. The van der Waals surface area contributed by atoms with Crippen LogP contribution in [0.2, 0.25) is 0 Å². The maximum absolute atomic E-state index is 12.1. The molecule has 1 fully saturated rings. The van der Waals surface area contributed by atoms with Gasteiger partial charge in [0.15, 0.2) is 0 Å². The minimum Gasteiger partial charge on any atom is -0.380 e. The molecule has 17 heavy (non-hydrogen) atoms. The van der Waals surface area contributed by atoms with Crippen LogP contribution in [-0.4, -0.2) is 74.7 Å². The molecule has 0 aliphatic carbocycles. The van der Waals surface area contributed by atoms with Crippen LogP contribution in [0.15, 0.2) is 0 Å². The number of ether oxygens (including phenoxy) is 1. The highest BCUT2D eigenvalue weighted by molar-refractivity contribution is 5.81. The molecule has 1 heterocycles. The van der Waals surface area contributed by atoms with E-state index in [2.05, 4.69) is 17.1 Å². The van der Waals surface area contributed by atoms with E-state index >= 15 is 0 Å². The largest absolute Gasteiger partial charge is 0.380 e. The third kappa shape index (κ3) is 3.94. The molecule has 100 valence electrons. The second-order valence-electron chi connectivity index (χ2n) is 4.70. The Kier molecular flexibility index (Phi) is 5.88. The van der Waals surface area contributed by atoms with Gasteiger partial charge in [0.1, 0.15) is 6.04 Å². The summed E-state index contributed by atoms with van der Waals surface area (Å²) in [6.07, 6.45) is 0. The van der Waals surface area contributed by atoms with E-state index < -0.39 is 0 Å². The normalized spacial score (nSPS) is 23.4. The molecule has 5 nitrogen and oxygen atoms in total. The van der Waals surface area contributed by atoms with Crippen LogP contribution in [0.25, 0.3) is 0 Å². The first-order valence-corrected chi connectivity index (χ1v) is 6.33. The Morgan fingerprint density at radius 2 is 2.29 bits per heavy atom. The van der Waals surface area contributed by atoms with Gasteiger partial charge in [-0.25, -0.2) is 0 Å². The Balaban J connectivity index is 2.61. The lowest BCUT2D eigenvalue weighted by atomic mass is 10.1. The van der Waals surface area contributed by atoms with Crippen molar-refractivity contribution in [2.45, 2.75) is 25.9 Å². The smallest absolute Gasteiger partial charge is 0.240 e. The van der Waals surface area contributed by atoms with Crippen molar-refractivity contribution < 1.29 is 9.53 Å². The lowest BCUT2D eigenvalue weighted by Gasteiger charge is -2.40. The van der Waals surface area contributed by atoms with Crippen LogP contribution in [0.3, 0.4) is 0 Å². The van der Waals surface area contributed by atoms with Crippen LogP contribution < -0.4 is 5.32 Å². The van der Waals surface area contributed by atoms with Crippen molar-refractivity contribution in [1.29, 1.82) is 0 Å². The lowest BCUT2D eigenvalue weighted by molar-refractivity contribution is -0.136. The fourth-order valence-electron chi connectivity index (χ4n) is 2.16. The van der Waals surface area contributed by atoms with Gasteiger partial charge in [0.25, 0.3) is 0 Å². The van der Waals surface area contributed by atoms with E-state index in [0.29, 0.717) is 6.61 Å². The van der Waals surface area contributed by atoms with Crippen LogP contribution in [0, 0.1) is 0 Å². The first kappa shape index (κ1) is 14.4.